The van der Waals surface area contributed by atoms with Gasteiger partial charge in [0.25, 0.3) is 0 Å². The molecule has 0 heterocycles. The summed E-state index contributed by atoms with van der Waals surface area (Å²) in [5.74, 6) is -0.470. The van der Waals surface area contributed by atoms with E-state index in [2.05, 4.69) is 9.19 Å². The predicted octanol–water partition coefficient (Wildman–Crippen LogP) is -0.232. The van der Waals surface area contributed by atoms with Crippen LogP contribution in [0.1, 0.15) is 13.3 Å². The maximum atomic E-state index is 11.6. The topological polar surface area (TPSA) is 95.9 Å². The van der Waals surface area contributed by atoms with Crippen molar-refractivity contribution in [2.24, 2.45) is 0 Å². The first-order valence-electron chi connectivity index (χ1n) is 4.23. The molecule has 84 valence electrons. The van der Waals surface area contributed by atoms with E-state index in [0.29, 0.717) is 0 Å². The minimum atomic E-state index is -5.02. The van der Waals surface area contributed by atoms with Crippen LogP contribution >= 0.6 is 0 Å². The third-order valence-electron chi connectivity index (χ3n) is 2.06. The molecule has 0 aromatic rings. The monoisotopic (exact) mass is 277 g/mol. The van der Waals surface area contributed by atoms with Gasteiger partial charge in [-0.2, -0.15) is 0 Å². The van der Waals surface area contributed by atoms with Gasteiger partial charge in [-0.05, 0) is 0 Å². The molecular formula is C8H12AsNO5. The minimum absolute atomic E-state index is 0.108. The molecule has 0 fully saturated rings. The number of carbonyl (C=O) groups is 1. The molecule has 7 heteroatoms. The Morgan fingerprint density at radius 2 is 2.27 bits per heavy atom. The molecule has 0 saturated heterocycles. The van der Waals surface area contributed by atoms with Gasteiger partial charge >= 0.3 is 89.1 Å². The van der Waals surface area contributed by atoms with Crippen molar-refractivity contribution in [3.05, 3.63) is 24.3 Å². The quantitative estimate of drug-likeness (QED) is 0.376. The molecule has 2 atom stereocenters. The summed E-state index contributed by atoms with van der Waals surface area (Å²) in [4.78, 5) is 11.0. The van der Waals surface area contributed by atoms with Gasteiger partial charge in [0.15, 0.2) is 0 Å². The van der Waals surface area contributed by atoms with Crippen LogP contribution < -0.4 is 5.32 Å². The molecule has 2 unspecified atom stereocenters. The number of hydrogen-bond donors (Lipinski definition) is 3. The zero-order valence-corrected chi connectivity index (χ0v) is 9.96. The van der Waals surface area contributed by atoms with Gasteiger partial charge < -0.3 is 0 Å². The summed E-state index contributed by atoms with van der Waals surface area (Å²) in [6.45, 7) is 1.22. The standard InChI is InChI=1S/C8H12AsNO5/c1-7(11)10-8(9(12,13)15-14)5-3-2-4-6-8/h2-5,14H,6H2,1H3,(H,10,11)(H,12,13). The van der Waals surface area contributed by atoms with Crippen molar-refractivity contribution in [1.82, 2.24) is 5.32 Å². The van der Waals surface area contributed by atoms with Crippen LogP contribution in [0.15, 0.2) is 24.3 Å². The zero-order chi connectivity index (χ0) is 11.5. The van der Waals surface area contributed by atoms with Gasteiger partial charge in [0.1, 0.15) is 0 Å². The second-order valence-electron chi connectivity index (χ2n) is 3.20. The van der Waals surface area contributed by atoms with E-state index in [4.69, 9.17) is 5.26 Å². The third-order valence-corrected chi connectivity index (χ3v) is 5.57. The van der Waals surface area contributed by atoms with Crippen LogP contribution in [0.4, 0.5) is 0 Å². The van der Waals surface area contributed by atoms with Gasteiger partial charge in [0, 0.05) is 0 Å². The maximum absolute atomic E-state index is 11.6. The Bertz CT molecular complexity index is 364. The van der Waals surface area contributed by atoms with Gasteiger partial charge in [-0.1, -0.05) is 0 Å². The molecule has 0 aromatic carbocycles. The number of rotatable bonds is 3. The van der Waals surface area contributed by atoms with Gasteiger partial charge in [-0.3, -0.25) is 0 Å². The molecule has 1 amide bonds. The van der Waals surface area contributed by atoms with E-state index in [1.54, 1.807) is 12.2 Å². The second kappa shape index (κ2) is 4.36. The van der Waals surface area contributed by atoms with Gasteiger partial charge in [-0.25, -0.2) is 0 Å². The number of carbonyl (C=O) groups excluding carboxylic acids is 1. The van der Waals surface area contributed by atoms with Crippen LogP contribution in [0, 0.1) is 0 Å². The first kappa shape index (κ1) is 12.3. The Kier molecular flexibility index (Phi) is 3.57. The first-order valence-corrected chi connectivity index (χ1v) is 7.54. The van der Waals surface area contributed by atoms with E-state index >= 15 is 0 Å². The number of amides is 1. The molecule has 0 saturated carbocycles. The molecule has 1 rings (SSSR count). The fourth-order valence-electron chi connectivity index (χ4n) is 1.36. The summed E-state index contributed by atoms with van der Waals surface area (Å²) >= 11 is -5.02. The van der Waals surface area contributed by atoms with Crippen molar-refractivity contribution < 1.29 is 21.8 Å². The molecule has 0 aromatic heterocycles. The summed E-state index contributed by atoms with van der Waals surface area (Å²) in [5, 5.41) is 10.8. The number of hydrogen-bond acceptors (Lipinski definition) is 4. The van der Waals surface area contributed by atoms with Crippen molar-refractivity contribution in [2.45, 2.75) is 17.7 Å². The summed E-state index contributed by atoms with van der Waals surface area (Å²) in [6, 6.07) is 0. The summed E-state index contributed by atoms with van der Waals surface area (Å²) in [7, 11) is 0. The Hall–Kier alpha value is -0.812. The van der Waals surface area contributed by atoms with Gasteiger partial charge in [0.2, 0.25) is 0 Å². The molecule has 1 aliphatic carbocycles. The molecular weight excluding hydrogens is 265 g/mol. The molecule has 0 radical (unpaired) electrons. The van der Waals surface area contributed by atoms with E-state index in [1.165, 1.54) is 19.1 Å². The van der Waals surface area contributed by atoms with Crippen molar-refractivity contribution in [3.63, 3.8) is 0 Å². The van der Waals surface area contributed by atoms with Crippen molar-refractivity contribution in [3.8, 4) is 0 Å². The van der Waals surface area contributed by atoms with Crippen molar-refractivity contribution in [1.29, 1.82) is 0 Å². The number of allylic oxidation sites excluding steroid dienone is 2. The fraction of sp³-hybridized carbons (Fsp3) is 0.375. The van der Waals surface area contributed by atoms with Crippen molar-refractivity contribution in [2.75, 3.05) is 0 Å². The van der Waals surface area contributed by atoms with Crippen LogP contribution in [0.5, 0.6) is 0 Å². The van der Waals surface area contributed by atoms with Crippen LogP contribution in [0.25, 0.3) is 0 Å². The molecule has 1 aliphatic rings. The zero-order valence-electron chi connectivity index (χ0n) is 8.08. The molecule has 0 spiro atoms. The predicted molar refractivity (Wildman–Crippen MR) is 51.8 cm³/mol. The molecule has 6 nitrogen and oxygen atoms in total. The summed E-state index contributed by atoms with van der Waals surface area (Å²) in [5.41, 5.74) is 0. The van der Waals surface area contributed by atoms with Gasteiger partial charge in [-0.15, -0.1) is 0 Å². The van der Waals surface area contributed by atoms with E-state index in [1.807, 2.05) is 0 Å². The van der Waals surface area contributed by atoms with E-state index in [-0.39, 0.29) is 6.42 Å². The van der Waals surface area contributed by atoms with Gasteiger partial charge in [0.05, 0.1) is 0 Å². The Balaban J connectivity index is 3.07. The van der Waals surface area contributed by atoms with Crippen LogP contribution in [-0.4, -0.2) is 33.8 Å². The van der Waals surface area contributed by atoms with Crippen LogP contribution in [0.3, 0.4) is 0 Å². The summed E-state index contributed by atoms with van der Waals surface area (Å²) < 4.78 is 23.3. The van der Waals surface area contributed by atoms with E-state index in [0.717, 1.165) is 0 Å². The Morgan fingerprint density at radius 1 is 1.60 bits per heavy atom. The first-order chi connectivity index (χ1) is 6.93. The normalized spacial score (nSPS) is 28.5. The number of nitrogens with one attached hydrogen (secondary N) is 1. The molecule has 0 aliphatic heterocycles. The Labute approximate surface area is 89.5 Å². The average Bonchev–Trinajstić information content (AvgIpc) is 2.18. The molecule has 0 bridgehead atoms. The fourth-order valence-corrected chi connectivity index (χ4v) is 3.57. The Morgan fingerprint density at radius 3 is 2.67 bits per heavy atom. The molecule has 3 N–H and O–H groups in total. The summed E-state index contributed by atoms with van der Waals surface area (Å²) in [6.07, 6.45) is 6.26. The van der Waals surface area contributed by atoms with Crippen LogP contribution in [0.2, 0.25) is 0 Å². The average molecular weight is 277 g/mol. The van der Waals surface area contributed by atoms with E-state index < -0.39 is 24.4 Å². The van der Waals surface area contributed by atoms with E-state index in [9.17, 15) is 12.6 Å². The van der Waals surface area contributed by atoms with Crippen LogP contribution in [-0.2, 0) is 12.4 Å². The molecule has 15 heavy (non-hydrogen) atoms. The van der Waals surface area contributed by atoms with Crippen molar-refractivity contribution >= 4 is 20.1 Å². The SMILES string of the molecule is CC(=O)NC1([As](=O)(O)OO)C=CC=CC1. The third kappa shape index (κ3) is 2.41. The second-order valence-corrected chi connectivity index (χ2v) is 7.40.